The fraction of sp³-hybridized carbons (Fsp3) is 0.393. The molecule has 1 aliphatic rings. The lowest BCUT2D eigenvalue weighted by Crippen LogP contribution is -2.34. The molecule has 198 valence electrons. The molecule has 0 bridgehead atoms. The molecule has 0 saturated carbocycles. The van der Waals surface area contributed by atoms with Crippen LogP contribution in [0.25, 0.3) is 10.9 Å². The largest absolute Gasteiger partial charge is 0.462 e. The average molecular weight is 535 g/mol. The number of carbonyl (C=O) groups excluding carboxylic acids is 3. The van der Waals surface area contributed by atoms with Crippen LogP contribution < -0.4 is 5.32 Å². The van der Waals surface area contributed by atoms with Gasteiger partial charge in [0.25, 0.3) is 5.91 Å². The fourth-order valence-corrected chi connectivity index (χ4v) is 5.65. The Morgan fingerprint density at radius 1 is 1.24 bits per heavy atom. The van der Waals surface area contributed by atoms with Crippen LogP contribution in [0.15, 0.2) is 24.3 Å². The van der Waals surface area contributed by atoms with Gasteiger partial charge < -0.3 is 14.8 Å². The van der Waals surface area contributed by atoms with Gasteiger partial charge in [0.1, 0.15) is 15.9 Å². The Kier molecular flexibility index (Phi) is 8.39. The molecule has 10 heteroatoms. The number of nitriles is 1. The van der Waals surface area contributed by atoms with Gasteiger partial charge in [-0.15, -0.1) is 11.3 Å². The van der Waals surface area contributed by atoms with Crippen LogP contribution in [0.5, 0.6) is 0 Å². The summed E-state index contributed by atoms with van der Waals surface area (Å²) in [6.45, 7) is 9.47. The van der Waals surface area contributed by atoms with Crippen molar-refractivity contribution in [2.24, 2.45) is 0 Å². The summed E-state index contributed by atoms with van der Waals surface area (Å²) in [6.07, 6.45) is 0.576. The molecule has 4 rings (SSSR count). The molecule has 1 N–H and O–H groups in total. The van der Waals surface area contributed by atoms with Gasteiger partial charge in [0, 0.05) is 36.2 Å². The van der Waals surface area contributed by atoms with E-state index in [1.165, 1.54) is 6.92 Å². The number of anilines is 1. The Hall–Kier alpha value is -3.81. The molecular weight excluding hydrogens is 504 g/mol. The molecule has 0 spiro atoms. The van der Waals surface area contributed by atoms with Gasteiger partial charge in [0.2, 0.25) is 0 Å². The number of para-hydroxylation sites is 1. The van der Waals surface area contributed by atoms with E-state index in [1.807, 2.05) is 30.3 Å². The molecule has 1 aromatic carbocycles. The predicted molar refractivity (Wildman–Crippen MR) is 144 cm³/mol. The molecule has 3 heterocycles. The lowest BCUT2D eigenvalue weighted by molar-refractivity contribution is -0.123. The van der Waals surface area contributed by atoms with Gasteiger partial charge in [0.15, 0.2) is 6.10 Å². The highest BCUT2D eigenvalue weighted by atomic mass is 32.1. The normalized spacial score (nSPS) is 13.9. The van der Waals surface area contributed by atoms with Crippen molar-refractivity contribution < 1.29 is 23.9 Å². The van der Waals surface area contributed by atoms with Crippen molar-refractivity contribution in [1.82, 2.24) is 9.88 Å². The minimum absolute atomic E-state index is 0.176. The first-order chi connectivity index (χ1) is 18.3. The second kappa shape index (κ2) is 11.7. The number of amides is 1. The minimum atomic E-state index is -1.15. The van der Waals surface area contributed by atoms with E-state index in [4.69, 9.17) is 14.5 Å². The van der Waals surface area contributed by atoms with Crippen molar-refractivity contribution >= 4 is 45.1 Å². The highest BCUT2D eigenvalue weighted by Gasteiger charge is 2.29. The SMILES string of the molecule is CCCN1CCc2nc3ccccc3c(C(=O)OC(C)C(=O)Nc3sc(C(=O)OCC)c(C)c3C#N)c2C1. The van der Waals surface area contributed by atoms with Crippen LogP contribution in [0.1, 0.15) is 69.6 Å². The quantitative estimate of drug-likeness (QED) is 0.416. The van der Waals surface area contributed by atoms with Gasteiger partial charge >= 0.3 is 11.9 Å². The molecule has 38 heavy (non-hydrogen) atoms. The van der Waals surface area contributed by atoms with Gasteiger partial charge in [-0.05, 0) is 45.4 Å². The van der Waals surface area contributed by atoms with E-state index in [-0.39, 0.29) is 22.0 Å². The average Bonchev–Trinajstić information content (AvgIpc) is 3.22. The van der Waals surface area contributed by atoms with Crippen LogP contribution in [0, 0.1) is 18.3 Å². The summed E-state index contributed by atoms with van der Waals surface area (Å²) in [5.74, 6) is -1.76. The third kappa shape index (κ3) is 5.39. The lowest BCUT2D eigenvalue weighted by atomic mass is 9.95. The summed E-state index contributed by atoms with van der Waals surface area (Å²) >= 11 is 0.962. The summed E-state index contributed by atoms with van der Waals surface area (Å²) in [4.78, 5) is 46.1. The first kappa shape index (κ1) is 27.2. The third-order valence-corrected chi connectivity index (χ3v) is 7.67. The van der Waals surface area contributed by atoms with Crippen LogP contribution in [-0.4, -0.2) is 53.5 Å². The maximum atomic E-state index is 13.5. The van der Waals surface area contributed by atoms with Gasteiger partial charge in [-0.25, -0.2) is 9.59 Å². The van der Waals surface area contributed by atoms with E-state index >= 15 is 0 Å². The fourth-order valence-electron chi connectivity index (χ4n) is 4.60. The van der Waals surface area contributed by atoms with Crippen molar-refractivity contribution in [3.63, 3.8) is 0 Å². The second-order valence-corrected chi connectivity index (χ2v) is 10.1. The molecule has 1 amide bonds. The van der Waals surface area contributed by atoms with Gasteiger partial charge in [0.05, 0.1) is 23.3 Å². The number of aromatic nitrogens is 1. The molecule has 0 radical (unpaired) electrons. The summed E-state index contributed by atoms with van der Waals surface area (Å²) < 4.78 is 10.7. The van der Waals surface area contributed by atoms with E-state index < -0.39 is 23.9 Å². The van der Waals surface area contributed by atoms with E-state index in [1.54, 1.807) is 13.8 Å². The van der Waals surface area contributed by atoms with Crippen LogP contribution >= 0.6 is 11.3 Å². The van der Waals surface area contributed by atoms with Crippen molar-refractivity contribution in [2.75, 3.05) is 25.0 Å². The first-order valence-corrected chi connectivity index (χ1v) is 13.5. The Labute approximate surface area is 225 Å². The first-order valence-electron chi connectivity index (χ1n) is 12.6. The monoisotopic (exact) mass is 534 g/mol. The number of hydrogen-bond acceptors (Lipinski definition) is 9. The highest BCUT2D eigenvalue weighted by molar-refractivity contribution is 7.18. The number of nitrogens with one attached hydrogen (secondary N) is 1. The lowest BCUT2D eigenvalue weighted by Gasteiger charge is -2.29. The number of thiophene rings is 1. The molecular formula is C28H30N4O5S. The van der Waals surface area contributed by atoms with E-state index in [0.717, 1.165) is 48.5 Å². The highest BCUT2D eigenvalue weighted by Crippen LogP contribution is 2.33. The molecule has 1 atom stereocenters. The number of hydrogen-bond donors (Lipinski definition) is 1. The molecule has 9 nitrogen and oxygen atoms in total. The van der Waals surface area contributed by atoms with Crippen LogP contribution in [-0.2, 0) is 27.2 Å². The molecule has 0 fully saturated rings. The Balaban J connectivity index is 1.59. The topological polar surface area (TPSA) is 122 Å². The molecule has 1 aliphatic heterocycles. The van der Waals surface area contributed by atoms with Crippen LogP contribution in [0.4, 0.5) is 5.00 Å². The van der Waals surface area contributed by atoms with Crippen molar-refractivity contribution in [3.05, 3.63) is 57.1 Å². The number of benzene rings is 1. The molecule has 0 aliphatic carbocycles. The van der Waals surface area contributed by atoms with Gasteiger partial charge in [-0.1, -0.05) is 25.1 Å². The maximum absolute atomic E-state index is 13.5. The predicted octanol–water partition coefficient (Wildman–Crippen LogP) is 4.61. The molecule has 1 unspecified atom stereocenters. The van der Waals surface area contributed by atoms with Gasteiger partial charge in [-0.3, -0.25) is 14.7 Å². The number of fused-ring (bicyclic) bond motifs is 2. The number of esters is 2. The summed E-state index contributed by atoms with van der Waals surface area (Å²) in [6, 6.07) is 9.46. The number of rotatable bonds is 8. The Morgan fingerprint density at radius 3 is 2.71 bits per heavy atom. The van der Waals surface area contributed by atoms with E-state index in [9.17, 15) is 19.6 Å². The standard InChI is InChI=1S/C28H30N4O5S/c1-5-12-32-13-11-22-20(15-32)23(18-9-7-8-10-21(18)30-22)27(34)37-17(4)25(33)31-26-19(14-29)16(3)24(38-26)28(35)36-6-2/h7-10,17H,5-6,11-13,15H2,1-4H3,(H,31,33). The van der Waals surface area contributed by atoms with E-state index in [0.29, 0.717) is 28.6 Å². The second-order valence-electron chi connectivity index (χ2n) is 9.08. The Bertz CT molecular complexity index is 1440. The smallest absolute Gasteiger partial charge is 0.348 e. The number of pyridine rings is 1. The summed E-state index contributed by atoms with van der Waals surface area (Å²) in [5, 5.41) is 13.1. The zero-order chi connectivity index (χ0) is 27.4. The van der Waals surface area contributed by atoms with Crippen LogP contribution in [0.3, 0.4) is 0 Å². The molecule has 2 aromatic heterocycles. The van der Waals surface area contributed by atoms with Crippen molar-refractivity contribution in [2.45, 2.75) is 53.2 Å². The maximum Gasteiger partial charge on any atom is 0.348 e. The molecule has 0 saturated heterocycles. The number of carbonyl (C=O) groups is 3. The summed E-state index contributed by atoms with van der Waals surface area (Å²) in [7, 11) is 0. The number of nitrogens with zero attached hydrogens (tertiary/aromatic N) is 3. The zero-order valence-corrected chi connectivity index (χ0v) is 22.7. The molecule has 3 aromatic rings. The van der Waals surface area contributed by atoms with Gasteiger partial charge in [-0.2, -0.15) is 5.26 Å². The van der Waals surface area contributed by atoms with Crippen LogP contribution in [0.2, 0.25) is 0 Å². The number of ether oxygens (including phenoxy) is 2. The van der Waals surface area contributed by atoms with Crippen molar-refractivity contribution in [3.8, 4) is 6.07 Å². The minimum Gasteiger partial charge on any atom is -0.462 e. The summed E-state index contributed by atoms with van der Waals surface area (Å²) in [5.41, 5.74) is 3.46. The zero-order valence-electron chi connectivity index (χ0n) is 21.9. The van der Waals surface area contributed by atoms with E-state index in [2.05, 4.69) is 17.1 Å². The Morgan fingerprint density at radius 2 is 2.00 bits per heavy atom. The third-order valence-electron chi connectivity index (χ3n) is 6.48. The van der Waals surface area contributed by atoms with Crippen molar-refractivity contribution in [1.29, 1.82) is 5.26 Å².